The van der Waals surface area contributed by atoms with Gasteiger partial charge in [0.25, 0.3) is 0 Å². The Morgan fingerprint density at radius 3 is 2.49 bits per heavy atom. The second-order valence-corrected chi connectivity index (χ2v) is 11.6. The third-order valence-electron chi connectivity index (χ3n) is 7.58. The number of amides is 3. The van der Waals surface area contributed by atoms with Crippen molar-refractivity contribution in [3.05, 3.63) is 81.9 Å². The van der Waals surface area contributed by atoms with Crippen LogP contribution in [0.1, 0.15) is 37.4 Å². The monoisotopic (exact) mass is 596 g/mol. The van der Waals surface area contributed by atoms with Crippen molar-refractivity contribution in [1.82, 2.24) is 14.7 Å². The Hall–Kier alpha value is -3.49. The van der Waals surface area contributed by atoms with Crippen LogP contribution in [0.25, 0.3) is 0 Å². The number of aliphatic imine (C=N–C) groups is 1. The van der Waals surface area contributed by atoms with E-state index in [-0.39, 0.29) is 36.5 Å². The summed E-state index contributed by atoms with van der Waals surface area (Å²) in [5.41, 5.74) is 1.60. The van der Waals surface area contributed by atoms with Gasteiger partial charge in [0.1, 0.15) is 23.9 Å². The predicted octanol–water partition coefficient (Wildman–Crippen LogP) is 5.90. The van der Waals surface area contributed by atoms with E-state index < -0.39 is 6.04 Å². The van der Waals surface area contributed by atoms with Crippen LogP contribution in [0.2, 0.25) is 5.02 Å². The number of nitrogens with zero attached hydrogens (tertiary/aromatic N) is 4. The summed E-state index contributed by atoms with van der Waals surface area (Å²) in [6.07, 6.45) is 6.39. The molecule has 0 N–H and O–H groups in total. The van der Waals surface area contributed by atoms with Gasteiger partial charge in [-0.25, -0.2) is 4.79 Å². The first kappa shape index (κ1) is 29.0. The van der Waals surface area contributed by atoms with Crippen LogP contribution in [0.3, 0.4) is 0 Å². The molecule has 3 amide bonds. The molecule has 2 heterocycles. The number of allylic oxidation sites excluding steroid dienone is 3. The van der Waals surface area contributed by atoms with Crippen LogP contribution >= 0.6 is 23.2 Å². The van der Waals surface area contributed by atoms with E-state index in [1.165, 1.54) is 0 Å². The fraction of sp³-hybridized carbons (Fsp3) is 0.387. The Morgan fingerprint density at radius 2 is 1.85 bits per heavy atom. The molecule has 2 aromatic rings. The molecule has 8 nitrogen and oxygen atoms in total. The molecule has 1 saturated heterocycles. The number of likely N-dealkylation sites (N-methyl/N-ethyl adjacent to an activating group) is 1. The average molecular weight is 598 g/mol. The molecule has 0 spiro atoms. The summed E-state index contributed by atoms with van der Waals surface area (Å²) in [7, 11) is 3.35. The minimum atomic E-state index is -0.400. The quantitative estimate of drug-likeness (QED) is 0.416. The molecular weight excluding hydrogens is 563 g/mol. The molecule has 1 aliphatic carbocycles. The number of ether oxygens (including phenoxy) is 2. The highest BCUT2D eigenvalue weighted by atomic mass is 35.5. The number of hydrogen-bond donors (Lipinski definition) is 0. The summed E-state index contributed by atoms with van der Waals surface area (Å²) in [6, 6.07) is 12.0. The summed E-state index contributed by atoms with van der Waals surface area (Å²) in [5, 5.41) is 1.28. The fourth-order valence-corrected chi connectivity index (χ4v) is 5.72. The van der Waals surface area contributed by atoms with Crippen LogP contribution in [-0.4, -0.2) is 78.4 Å². The number of rotatable bonds is 6. The summed E-state index contributed by atoms with van der Waals surface area (Å²) < 4.78 is 11.7. The van der Waals surface area contributed by atoms with E-state index in [0.29, 0.717) is 52.5 Å². The number of urea groups is 1. The zero-order valence-corrected chi connectivity index (χ0v) is 25.1. The van der Waals surface area contributed by atoms with Gasteiger partial charge in [0, 0.05) is 42.2 Å². The number of carbonyl (C=O) groups is 2. The molecule has 1 unspecified atom stereocenters. The Bertz CT molecular complexity index is 1410. The standard InChI is InChI=1S/C31H34Cl2N4O4/c1-19(2)41-26-17-24(40-4)13-14-25(26)30-34-28(20-5-9-22(32)10-6-20)29(21-7-11-23(33)12-8-21)37(30)31(39)36-16-15-35(3)27(38)18-36/h5-7,9-14,17,19,21,28-29H,8,15-16,18H2,1-4H3/t21?,28-,29+/m1/s1. The van der Waals surface area contributed by atoms with Gasteiger partial charge < -0.3 is 19.3 Å². The number of hydrogen-bond acceptors (Lipinski definition) is 5. The summed E-state index contributed by atoms with van der Waals surface area (Å²) in [5.74, 6) is 1.49. The van der Waals surface area contributed by atoms with Crippen molar-refractivity contribution in [2.75, 3.05) is 33.8 Å². The topological polar surface area (TPSA) is 74.7 Å². The Labute approximate surface area is 250 Å². The SMILES string of the molecule is COc1ccc(C2=N[C@H](c3ccc(Cl)cc3)[C@H](C3C=CC(Cl)=CC3)N2C(=O)N2CCN(C)C(=O)C2)c(OC(C)C)c1. The van der Waals surface area contributed by atoms with Gasteiger partial charge in [0.05, 0.1) is 30.9 Å². The van der Waals surface area contributed by atoms with Gasteiger partial charge in [-0.3, -0.25) is 14.7 Å². The fourth-order valence-electron chi connectivity index (χ4n) is 5.43. The molecule has 216 valence electrons. The largest absolute Gasteiger partial charge is 0.497 e. The first-order valence-corrected chi connectivity index (χ1v) is 14.5. The third-order valence-corrected chi connectivity index (χ3v) is 8.11. The molecular formula is C31H34Cl2N4O4. The van der Waals surface area contributed by atoms with E-state index in [0.717, 1.165) is 5.56 Å². The van der Waals surface area contributed by atoms with Crippen LogP contribution in [0.4, 0.5) is 4.79 Å². The Balaban J connectivity index is 1.67. The van der Waals surface area contributed by atoms with Crippen LogP contribution in [-0.2, 0) is 4.79 Å². The van der Waals surface area contributed by atoms with Gasteiger partial charge in [-0.1, -0.05) is 47.5 Å². The lowest BCUT2D eigenvalue weighted by Crippen LogP contribution is -2.57. The maximum absolute atomic E-state index is 14.5. The summed E-state index contributed by atoms with van der Waals surface area (Å²) in [6.45, 7) is 4.78. The van der Waals surface area contributed by atoms with E-state index >= 15 is 0 Å². The lowest BCUT2D eigenvalue weighted by atomic mass is 9.85. The summed E-state index contributed by atoms with van der Waals surface area (Å²) >= 11 is 12.5. The number of amidine groups is 1. The van der Waals surface area contributed by atoms with Crippen LogP contribution in [0.15, 0.2) is 70.7 Å². The number of benzene rings is 2. The van der Waals surface area contributed by atoms with Gasteiger partial charge in [-0.15, -0.1) is 0 Å². The van der Waals surface area contributed by atoms with Crippen molar-refractivity contribution in [1.29, 1.82) is 0 Å². The van der Waals surface area contributed by atoms with Crippen molar-refractivity contribution >= 4 is 41.0 Å². The van der Waals surface area contributed by atoms with Crippen molar-refractivity contribution in [2.24, 2.45) is 10.9 Å². The summed E-state index contributed by atoms with van der Waals surface area (Å²) in [4.78, 5) is 37.4. The first-order chi connectivity index (χ1) is 19.7. The van der Waals surface area contributed by atoms with Gasteiger partial charge in [-0.05, 0) is 56.2 Å². The maximum Gasteiger partial charge on any atom is 0.326 e. The minimum absolute atomic E-state index is 0.00163. The Kier molecular flexibility index (Phi) is 8.61. The van der Waals surface area contributed by atoms with Crippen molar-refractivity contribution < 1.29 is 19.1 Å². The van der Waals surface area contributed by atoms with Gasteiger partial charge in [-0.2, -0.15) is 0 Å². The van der Waals surface area contributed by atoms with Gasteiger partial charge >= 0.3 is 6.03 Å². The second-order valence-electron chi connectivity index (χ2n) is 10.7. The van der Waals surface area contributed by atoms with E-state index in [9.17, 15) is 9.59 Å². The molecule has 1 fully saturated rings. The van der Waals surface area contributed by atoms with E-state index in [2.05, 4.69) is 0 Å². The molecule has 0 saturated carbocycles. The molecule has 41 heavy (non-hydrogen) atoms. The molecule has 0 radical (unpaired) electrons. The third kappa shape index (κ3) is 6.09. The number of halogens is 2. The van der Waals surface area contributed by atoms with Crippen molar-refractivity contribution in [3.63, 3.8) is 0 Å². The maximum atomic E-state index is 14.5. The Morgan fingerprint density at radius 1 is 1.10 bits per heavy atom. The normalized spacial score (nSPS) is 22.7. The first-order valence-electron chi connectivity index (χ1n) is 13.7. The van der Waals surface area contributed by atoms with Gasteiger partial charge in [0.2, 0.25) is 5.91 Å². The molecule has 0 aromatic heterocycles. The highest BCUT2D eigenvalue weighted by molar-refractivity contribution is 6.31. The van der Waals surface area contributed by atoms with Crippen molar-refractivity contribution in [2.45, 2.75) is 38.5 Å². The predicted molar refractivity (Wildman–Crippen MR) is 161 cm³/mol. The number of carbonyl (C=O) groups excluding carboxylic acids is 2. The minimum Gasteiger partial charge on any atom is -0.497 e. The van der Waals surface area contributed by atoms with Crippen LogP contribution < -0.4 is 9.47 Å². The van der Waals surface area contributed by atoms with Crippen LogP contribution in [0.5, 0.6) is 11.5 Å². The molecule has 3 atom stereocenters. The van der Waals surface area contributed by atoms with Gasteiger partial charge in [0.15, 0.2) is 0 Å². The molecule has 10 heteroatoms. The second kappa shape index (κ2) is 12.2. The van der Waals surface area contributed by atoms with E-state index in [4.69, 9.17) is 37.7 Å². The highest BCUT2D eigenvalue weighted by Gasteiger charge is 2.47. The zero-order chi connectivity index (χ0) is 29.3. The van der Waals surface area contributed by atoms with Crippen LogP contribution in [0, 0.1) is 5.92 Å². The lowest BCUT2D eigenvalue weighted by molar-refractivity contribution is -0.133. The molecule has 3 aliphatic rings. The average Bonchev–Trinajstić information content (AvgIpc) is 3.34. The zero-order valence-electron chi connectivity index (χ0n) is 23.6. The number of piperazine rings is 1. The lowest BCUT2D eigenvalue weighted by Gasteiger charge is -2.39. The molecule has 2 aromatic carbocycles. The molecule has 0 bridgehead atoms. The van der Waals surface area contributed by atoms with E-state index in [1.54, 1.807) is 28.9 Å². The number of methoxy groups -OCH3 is 1. The highest BCUT2D eigenvalue weighted by Crippen LogP contribution is 2.43. The smallest absolute Gasteiger partial charge is 0.326 e. The molecule has 2 aliphatic heterocycles. The van der Waals surface area contributed by atoms with Crippen molar-refractivity contribution in [3.8, 4) is 11.5 Å². The molecule has 5 rings (SSSR count). The van der Waals surface area contributed by atoms with E-state index in [1.807, 2.05) is 74.5 Å².